The molecule has 0 aliphatic carbocycles. The fourth-order valence-electron chi connectivity index (χ4n) is 7.82. The molecule has 0 heterocycles. The number of carbonyl (C=O) groups is 4. The van der Waals surface area contributed by atoms with Gasteiger partial charge in [0.25, 0.3) is 17.7 Å². The Hall–Kier alpha value is -6.05. The Labute approximate surface area is 440 Å². The molecule has 1 unspecified atom stereocenters. The molecule has 406 valence electrons. The van der Waals surface area contributed by atoms with Gasteiger partial charge in [-0.2, -0.15) is 5.10 Å². The molecule has 0 radical (unpaired) electrons. The number of carbonyl (C=O) groups excluding carboxylic acids is 4. The number of Topliss-reactive ketones (excluding diaryl/α,β-unsaturated/α-hetero) is 1. The summed E-state index contributed by atoms with van der Waals surface area (Å²) in [4.78, 5) is 47.8. The molecule has 0 aromatic heterocycles. The summed E-state index contributed by atoms with van der Waals surface area (Å²) >= 11 is 0. The molecule has 13 heteroatoms. The van der Waals surface area contributed by atoms with E-state index in [-0.39, 0.29) is 40.0 Å². The van der Waals surface area contributed by atoms with Gasteiger partial charge in [0, 0.05) is 62.4 Å². The fraction of sp³-hybridized carbons (Fsp3) is 0.517. The summed E-state index contributed by atoms with van der Waals surface area (Å²) in [7, 11) is 4.77. The number of hydrazine groups is 2. The van der Waals surface area contributed by atoms with Crippen LogP contribution in [0.5, 0.6) is 17.2 Å². The van der Waals surface area contributed by atoms with Crippen molar-refractivity contribution < 1.29 is 33.4 Å². The zero-order valence-electron chi connectivity index (χ0n) is 47.5. The molecule has 73 heavy (non-hydrogen) atoms. The number of unbranched alkanes of at least 4 members (excludes halogenated alkanes) is 3. The lowest BCUT2D eigenvalue weighted by Gasteiger charge is -2.34. The first-order valence-electron chi connectivity index (χ1n) is 25.7. The number of hydrogen-bond acceptors (Lipinski definition) is 10. The normalized spacial score (nSPS) is 11.6. The Bertz CT molecular complexity index is 2230. The van der Waals surface area contributed by atoms with E-state index in [1.165, 1.54) is 0 Å². The average molecular weight is 1010 g/mol. The van der Waals surface area contributed by atoms with E-state index in [2.05, 4.69) is 95.0 Å². The molecule has 0 fully saturated rings. The minimum atomic E-state index is -0.309. The molecule has 13 nitrogen and oxygen atoms in total. The molecule has 6 N–H and O–H groups in total. The number of nitrogens with zero attached hydrogens (tertiary/aromatic N) is 1. The Morgan fingerprint density at radius 2 is 1.01 bits per heavy atom. The van der Waals surface area contributed by atoms with E-state index in [4.69, 9.17) is 20.1 Å². The number of nitrogens with two attached hydrogens (primary N) is 1. The summed E-state index contributed by atoms with van der Waals surface area (Å²) in [6.45, 7) is 36.0. The highest BCUT2D eigenvalue weighted by Gasteiger charge is 2.29. The van der Waals surface area contributed by atoms with Crippen molar-refractivity contribution in [2.75, 3.05) is 21.3 Å². The van der Waals surface area contributed by atoms with Crippen LogP contribution in [-0.2, 0) is 4.79 Å². The molecule has 1 atom stereocenters. The van der Waals surface area contributed by atoms with E-state index in [1.54, 1.807) is 45.6 Å². The van der Waals surface area contributed by atoms with Gasteiger partial charge in [0.1, 0.15) is 23.0 Å². The molecule has 0 aliphatic heterocycles. The van der Waals surface area contributed by atoms with E-state index in [1.807, 2.05) is 83.2 Å². The summed E-state index contributed by atoms with van der Waals surface area (Å²) in [5, 5.41) is 4.45. The number of ether oxygens (including phenoxy) is 3. The summed E-state index contributed by atoms with van der Waals surface area (Å²) in [6, 6.07) is 16.4. The van der Waals surface area contributed by atoms with Crippen LogP contribution in [0.15, 0.2) is 97.7 Å². The monoisotopic (exact) mass is 1010 g/mol. The van der Waals surface area contributed by atoms with E-state index >= 15 is 0 Å². The third-order valence-electron chi connectivity index (χ3n) is 12.9. The molecule has 3 amide bonds. The predicted octanol–water partition coefficient (Wildman–Crippen LogP) is 13.2. The number of allylic oxidation sites excluding steroid dienone is 3. The molecule has 0 saturated heterocycles. The molecule has 0 aliphatic rings. The van der Waals surface area contributed by atoms with Gasteiger partial charge in [-0.3, -0.25) is 30.0 Å². The zero-order valence-corrected chi connectivity index (χ0v) is 47.5. The average Bonchev–Trinajstić information content (AvgIpc) is 3.35. The lowest BCUT2D eigenvalue weighted by atomic mass is 9.79. The lowest BCUT2D eigenvalue weighted by molar-refractivity contribution is -0.127. The van der Waals surface area contributed by atoms with Gasteiger partial charge in [0.2, 0.25) is 0 Å². The Balaban J connectivity index is 0.000000991. The van der Waals surface area contributed by atoms with E-state index in [0.717, 1.165) is 105 Å². The van der Waals surface area contributed by atoms with Crippen LogP contribution in [0.2, 0.25) is 0 Å². The van der Waals surface area contributed by atoms with Crippen molar-refractivity contribution in [2.24, 2.45) is 27.2 Å². The number of hydrazone groups is 1. The molecule has 0 bridgehead atoms. The number of nitrogens with one attached hydrogen (secondary N) is 4. The van der Waals surface area contributed by atoms with Crippen LogP contribution in [0.3, 0.4) is 0 Å². The topological polar surface area (TPSA) is 182 Å². The minimum absolute atomic E-state index is 0.0215. The molecule has 3 aromatic carbocycles. The number of methoxy groups -OCH3 is 3. The highest BCUT2D eigenvalue weighted by Crippen LogP contribution is 2.30. The maximum absolute atomic E-state index is 12.5. The highest BCUT2D eigenvalue weighted by atomic mass is 16.5. The zero-order chi connectivity index (χ0) is 55.8. The Kier molecular flexibility index (Phi) is 32.2. The first kappa shape index (κ1) is 67.0. The molecular weight excluding hydrogens is 917 g/mol. The number of ketones is 1. The number of rotatable bonds is 27. The van der Waals surface area contributed by atoms with Crippen molar-refractivity contribution in [2.45, 2.75) is 166 Å². The van der Waals surface area contributed by atoms with Crippen LogP contribution >= 0.6 is 0 Å². The summed E-state index contributed by atoms with van der Waals surface area (Å²) in [5.74, 6) is 6.83. The third-order valence-corrected chi connectivity index (χ3v) is 12.9. The van der Waals surface area contributed by atoms with Crippen molar-refractivity contribution in [1.29, 1.82) is 0 Å². The van der Waals surface area contributed by atoms with Gasteiger partial charge >= 0.3 is 0 Å². The van der Waals surface area contributed by atoms with Crippen molar-refractivity contribution >= 4 is 29.2 Å². The number of hydrogen-bond donors (Lipinski definition) is 5. The van der Waals surface area contributed by atoms with Crippen LogP contribution in [0.1, 0.15) is 187 Å². The molecular formula is C60H94N6O7. The van der Waals surface area contributed by atoms with E-state index in [0.29, 0.717) is 34.0 Å². The lowest BCUT2D eigenvalue weighted by Crippen LogP contribution is -2.51. The SMILES string of the molecule is C=CCC(C)(C)/C(CCCC)=N/NC(=O)c1cccc(OC)c1C.C=CCC(C)(C)C(=O)CCCC.C=CCC(C)(C)C(CCCC)NNC(=O)c1cccc(OC)c1C.COc1cccc(C(=O)NN)c1C. The van der Waals surface area contributed by atoms with Crippen molar-refractivity contribution in [3.63, 3.8) is 0 Å². The second-order valence-corrected chi connectivity index (χ2v) is 20.0. The summed E-state index contributed by atoms with van der Waals surface area (Å²) in [5.41, 5.74) is 15.8. The first-order valence-corrected chi connectivity index (χ1v) is 25.7. The van der Waals surface area contributed by atoms with Crippen molar-refractivity contribution in [3.05, 3.63) is 126 Å². The number of nitrogen functional groups attached to an aromatic ring is 1. The van der Waals surface area contributed by atoms with Gasteiger partial charge < -0.3 is 14.2 Å². The third kappa shape index (κ3) is 23.1. The highest BCUT2D eigenvalue weighted by molar-refractivity contribution is 5.98. The van der Waals surface area contributed by atoms with Gasteiger partial charge in [-0.25, -0.2) is 16.7 Å². The van der Waals surface area contributed by atoms with Crippen molar-refractivity contribution in [1.82, 2.24) is 21.7 Å². The van der Waals surface area contributed by atoms with Gasteiger partial charge in [-0.05, 0) is 108 Å². The minimum Gasteiger partial charge on any atom is -0.496 e. The first-order chi connectivity index (χ1) is 34.5. The van der Waals surface area contributed by atoms with Crippen LogP contribution in [0.4, 0.5) is 0 Å². The Morgan fingerprint density at radius 1 is 0.603 bits per heavy atom. The smallest absolute Gasteiger partial charge is 0.271 e. The Morgan fingerprint density at radius 3 is 1.42 bits per heavy atom. The van der Waals surface area contributed by atoms with Gasteiger partial charge in [0.05, 0.1) is 21.3 Å². The second kappa shape index (κ2) is 35.2. The number of benzene rings is 3. The van der Waals surface area contributed by atoms with Gasteiger partial charge in [-0.1, -0.05) is 124 Å². The van der Waals surface area contributed by atoms with Crippen LogP contribution in [-0.4, -0.2) is 56.6 Å². The second-order valence-electron chi connectivity index (χ2n) is 20.0. The van der Waals surface area contributed by atoms with Gasteiger partial charge in [-0.15, -0.1) is 19.7 Å². The quantitative estimate of drug-likeness (QED) is 0.0163. The number of amides is 3. The maximum atomic E-state index is 12.5. The van der Waals surface area contributed by atoms with Crippen molar-refractivity contribution in [3.8, 4) is 17.2 Å². The largest absolute Gasteiger partial charge is 0.496 e. The van der Waals surface area contributed by atoms with Crippen LogP contribution in [0, 0.1) is 37.0 Å². The van der Waals surface area contributed by atoms with E-state index < -0.39 is 0 Å². The van der Waals surface area contributed by atoms with Crippen LogP contribution in [0.25, 0.3) is 0 Å². The van der Waals surface area contributed by atoms with E-state index in [9.17, 15) is 19.2 Å². The predicted molar refractivity (Wildman–Crippen MR) is 304 cm³/mol. The molecule has 3 aromatic rings. The maximum Gasteiger partial charge on any atom is 0.271 e. The molecule has 0 spiro atoms. The fourth-order valence-corrected chi connectivity index (χ4v) is 7.82. The van der Waals surface area contributed by atoms with Gasteiger partial charge in [0.15, 0.2) is 0 Å². The van der Waals surface area contributed by atoms with Crippen LogP contribution < -0.4 is 41.8 Å². The molecule has 0 saturated carbocycles. The molecule has 3 rings (SSSR count). The summed E-state index contributed by atoms with van der Waals surface area (Å²) < 4.78 is 15.6. The summed E-state index contributed by atoms with van der Waals surface area (Å²) in [6.07, 6.45) is 17.3. The standard InChI is InChI=1S/C20H32N2O2.C20H30N2O2.C11H20O.C9H12N2O2/c2*1-7-9-13-18(20(4,5)14-8-2)21-22-19(23)16-11-10-12-17(24-6)15(16)3;1-5-7-8-10(12)11(3,4)9-6-2;1-6-7(9(12)11-10)4-3-5-8(6)13-2/h8,10-12,18,21H,2,7,9,13-14H2,1,3-6H3,(H,22,23);8,10-12H,2,7,9,13-14H2,1,3-6H3,(H,22,23);6H,2,5,7-9H2,1,3-4H3;3-5H,10H2,1-2H3,(H,11,12)/b;21-18+;;.